The summed E-state index contributed by atoms with van der Waals surface area (Å²) in [4.78, 5) is 11.6. The van der Waals surface area contributed by atoms with Gasteiger partial charge >= 0.3 is 5.97 Å². The zero-order valence-corrected chi connectivity index (χ0v) is 16.4. The Morgan fingerprint density at radius 1 is 1.20 bits per heavy atom. The number of hydrogen-bond acceptors (Lipinski definition) is 4. The molecule has 25 heavy (non-hydrogen) atoms. The average Bonchev–Trinajstić information content (AvgIpc) is 2.66. The molecule has 2 aliphatic rings. The molecule has 5 heteroatoms. The van der Waals surface area contributed by atoms with Crippen molar-refractivity contribution in [3.05, 3.63) is 28.8 Å². The van der Waals surface area contributed by atoms with Crippen molar-refractivity contribution in [1.29, 1.82) is 0 Å². The van der Waals surface area contributed by atoms with E-state index in [1.807, 2.05) is 26.0 Å². The number of methoxy groups -OCH3 is 1. The lowest BCUT2D eigenvalue weighted by molar-refractivity contribution is 0.0601. The molecule has 1 aromatic rings. The number of esters is 1. The molecule has 1 aliphatic heterocycles. The highest BCUT2D eigenvalue weighted by Gasteiger charge is 2.36. The standard InChI is InChI=1S/C18H25ClN2O2.C2H6/c1-23-17(22)15-3-2-14(12-16(15)19)21-13-4-6-18(7-5-13)8-10-20-11-9-18;1-2/h2-3,12-13,20-21H,4-11H2,1H3;1-2H3. The van der Waals surface area contributed by atoms with E-state index in [9.17, 15) is 4.79 Å². The van der Waals surface area contributed by atoms with E-state index in [1.54, 1.807) is 6.07 Å². The third-order valence-electron chi connectivity index (χ3n) is 5.46. The van der Waals surface area contributed by atoms with E-state index in [0.29, 0.717) is 22.0 Å². The van der Waals surface area contributed by atoms with Crippen molar-refractivity contribution in [3.8, 4) is 0 Å². The minimum absolute atomic E-state index is 0.396. The highest BCUT2D eigenvalue weighted by Crippen LogP contribution is 2.43. The number of nitrogens with one attached hydrogen (secondary N) is 2. The number of piperidine rings is 1. The molecule has 4 nitrogen and oxygen atoms in total. The molecule has 3 rings (SSSR count). The monoisotopic (exact) mass is 366 g/mol. The molecular formula is C20H31ClN2O2. The highest BCUT2D eigenvalue weighted by molar-refractivity contribution is 6.33. The SMILES string of the molecule is CC.COC(=O)c1ccc(NC2CCC3(CCNCC3)CC2)cc1Cl. The van der Waals surface area contributed by atoms with Gasteiger partial charge in [0.15, 0.2) is 0 Å². The largest absolute Gasteiger partial charge is 0.465 e. The van der Waals surface area contributed by atoms with Gasteiger partial charge in [-0.2, -0.15) is 0 Å². The van der Waals surface area contributed by atoms with Crippen LogP contribution in [0, 0.1) is 5.41 Å². The first kappa shape index (κ1) is 20.1. The fourth-order valence-corrected chi connectivity index (χ4v) is 4.21. The molecule has 0 amide bonds. The molecule has 0 unspecified atom stereocenters. The van der Waals surface area contributed by atoms with Crippen LogP contribution >= 0.6 is 11.6 Å². The summed E-state index contributed by atoms with van der Waals surface area (Å²) in [7, 11) is 1.36. The molecule has 1 saturated heterocycles. The van der Waals surface area contributed by atoms with Gasteiger partial charge in [0.1, 0.15) is 0 Å². The first-order chi connectivity index (χ1) is 12.1. The molecule has 0 atom stereocenters. The Balaban J connectivity index is 0.00000109. The van der Waals surface area contributed by atoms with E-state index < -0.39 is 5.97 Å². The van der Waals surface area contributed by atoms with Crippen molar-refractivity contribution in [2.75, 3.05) is 25.5 Å². The minimum atomic E-state index is -0.396. The van der Waals surface area contributed by atoms with Crippen LogP contribution in [-0.2, 0) is 4.74 Å². The van der Waals surface area contributed by atoms with Crippen LogP contribution in [0.2, 0.25) is 5.02 Å². The van der Waals surface area contributed by atoms with E-state index >= 15 is 0 Å². The molecule has 1 aliphatic carbocycles. The van der Waals surface area contributed by atoms with Crippen molar-refractivity contribution in [2.45, 2.75) is 58.4 Å². The third-order valence-corrected chi connectivity index (χ3v) is 5.77. The van der Waals surface area contributed by atoms with Gasteiger partial charge in [0.25, 0.3) is 0 Å². The summed E-state index contributed by atoms with van der Waals surface area (Å²) in [5.41, 5.74) is 1.97. The summed E-state index contributed by atoms with van der Waals surface area (Å²) < 4.78 is 4.72. The first-order valence-corrected chi connectivity index (χ1v) is 9.85. The van der Waals surface area contributed by atoms with Gasteiger partial charge in [0.05, 0.1) is 17.7 Å². The van der Waals surface area contributed by atoms with Crippen molar-refractivity contribution >= 4 is 23.3 Å². The van der Waals surface area contributed by atoms with E-state index in [4.69, 9.17) is 16.3 Å². The maximum absolute atomic E-state index is 11.6. The molecule has 0 bridgehead atoms. The van der Waals surface area contributed by atoms with Crippen LogP contribution in [-0.4, -0.2) is 32.2 Å². The van der Waals surface area contributed by atoms with E-state index in [-0.39, 0.29) is 0 Å². The lowest BCUT2D eigenvalue weighted by Gasteiger charge is -2.43. The quantitative estimate of drug-likeness (QED) is 0.749. The van der Waals surface area contributed by atoms with Crippen molar-refractivity contribution in [2.24, 2.45) is 5.41 Å². The Morgan fingerprint density at radius 2 is 1.84 bits per heavy atom. The molecular weight excluding hydrogens is 336 g/mol. The Labute approximate surface area is 156 Å². The molecule has 1 saturated carbocycles. The smallest absolute Gasteiger partial charge is 0.339 e. The van der Waals surface area contributed by atoms with Crippen LogP contribution in [0.5, 0.6) is 0 Å². The number of hydrogen-bond donors (Lipinski definition) is 2. The van der Waals surface area contributed by atoms with Crippen LogP contribution in [0.25, 0.3) is 0 Å². The van der Waals surface area contributed by atoms with Crippen LogP contribution < -0.4 is 10.6 Å². The second-order valence-corrected chi connectivity index (χ2v) is 7.26. The fourth-order valence-electron chi connectivity index (χ4n) is 3.95. The van der Waals surface area contributed by atoms with Crippen molar-refractivity contribution < 1.29 is 9.53 Å². The van der Waals surface area contributed by atoms with Gasteiger partial charge in [-0.1, -0.05) is 25.4 Å². The van der Waals surface area contributed by atoms with Gasteiger partial charge in [0, 0.05) is 11.7 Å². The summed E-state index contributed by atoms with van der Waals surface area (Å²) in [6, 6.07) is 5.96. The predicted octanol–water partition coefficient (Wildman–Crippen LogP) is 4.88. The Kier molecular flexibility index (Phi) is 7.57. The number of carbonyl (C=O) groups is 1. The molecule has 1 aromatic carbocycles. The zero-order chi connectivity index (χ0) is 18.3. The maximum atomic E-state index is 11.6. The number of anilines is 1. The second kappa shape index (κ2) is 9.44. The number of benzene rings is 1. The number of ether oxygens (including phenoxy) is 1. The van der Waals surface area contributed by atoms with E-state index in [1.165, 1.54) is 58.7 Å². The average molecular weight is 367 g/mol. The molecule has 0 aromatic heterocycles. The summed E-state index contributed by atoms with van der Waals surface area (Å²) in [5, 5.41) is 7.48. The van der Waals surface area contributed by atoms with Gasteiger partial charge in [0.2, 0.25) is 0 Å². The normalized spacial score (nSPS) is 19.7. The number of rotatable bonds is 3. The molecule has 1 heterocycles. The lowest BCUT2D eigenvalue weighted by Crippen LogP contribution is -2.41. The first-order valence-electron chi connectivity index (χ1n) is 9.47. The summed E-state index contributed by atoms with van der Waals surface area (Å²) in [5.74, 6) is -0.396. The maximum Gasteiger partial charge on any atom is 0.339 e. The molecule has 140 valence electrons. The Bertz CT molecular complexity index is 561. The molecule has 2 fully saturated rings. The van der Waals surface area contributed by atoms with Crippen molar-refractivity contribution in [3.63, 3.8) is 0 Å². The Hall–Kier alpha value is -1.26. The van der Waals surface area contributed by atoms with Crippen LogP contribution in [0.15, 0.2) is 18.2 Å². The topological polar surface area (TPSA) is 50.4 Å². The van der Waals surface area contributed by atoms with Crippen LogP contribution in [0.4, 0.5) is 5.69 Å². The molecule has 2 N–H and O–H groups in total. The molecule has 0 radical (unpaired) electrons. The zero-order valence-electron chi connectivity index (χ0n) is 15.7. The minimum Gasteiger partial charge on any atom is -0.465 e. The van der Waals surface area contributed by atoms with Crippen LogP contribution in [0.1, 0.15) is 62.7 Å². The second-order valence-electron chi connectivity index (χ2n) is 6.85. The van der Waals surface area contributed by atoms with E-state index in [2.05, 4.69) is 10.6 Å². The Morgan fingerprint density at radius 3 is 2.40 bits per heavy atom. The van der Waals surface area contributed by atoms with Gasteiger partial charge < -0.3 is 15.4 Å². The molecule has 1 spiro atoms. The highest BCUT2D eigenvalue weighted by atomic mass is 35.5. The van der Waals surface area contributed by atoms with Gasteiger partial charge in [-0.25, -0.2) is 4.79 Å². The number of carbonyl (C=O) groups excluding carboxylic acids is 1. The van der Waals surface area contributed by atoms with Gasteiger partial charge in [-0.3, -0.25) is 0 Å². The third kappa shape index (κ3) is 5.11. The summed E-state index contributed by atoms with van der Waals surface area (Å²) in [6.45, 7) is 6.34. The predicted molar refractivity (Wildman–Crippen MR) is 105 cm³/mol. The van der Waals surface area contributed by atoms with Gasteiger partial charge in [-0.05, 0) is 75.2 Å². The summed E-state index contributed by atoms with van der Waals surface area (Å²) >= 11 is 6.19. The summed E-state index contributed by atoms with van der Waals surface area (Å²) in [6.07, 6.45) is 7.66. The fraction of sp³-hybridized carbons (Fsp3) is 0.650. The van der Waals surface area contributed by atoms with Crippen molar-refractivity contribution in [1.82, 2.24) is 5.32 Å². The number of halogens is 1. The lowest BCUT2D eigenvalue weighted by atomic mass is 9.67. The van der Waals surface area contributed by atoms with E-state index in [0.717, 1.165) is 5.69 Å². The van der Waals surface area contributed by atoms with Gasteiger partial charge in [-0.15, -0.1) is 0 Å². The van der Waals surface area contributed by atoms with Crippen LogP contribution in [0.3, 0.4) is 0 Å².